The lowest BCUT2D eigenvalue weighted by atomic mass is 10.1. The second-order valence-corrected chi connectivity index (χ2v) is 4.80. The first kappa shape index (κ1) is 12.6. The zero-order valence-electron chi connectivity index (χ0n) is 10.6. The fourth-order valence-corrected chi connectivity index (χ4v) is 2.29. The maximum Gasteiger partial charge on any atom is 0.0761 e. The summed E-state index contributed by atoms with van der Waals surface area (Å²) in [6.07, 6.45) is 1.14. The minimum Gasteiger partial charge on any atom is -0.389 e. The molecular formula is C14H21NO2. The van der Waals surface area contributed by atoms with Crippen LogP contribution >= 0.6 is 0 Å². The SMILES string of the molecule is COC1CCN(Cc2ccc(C(C)O)cc2)C1. The van der Waals surface area contributed by atoms with Crippen LogP contribution in [0.15, 0.2) is 24.3 Å². The Bertz CT molecular complexity index is 348. The number of likely N-dealkylation sites (tertiary alicyclic amines) is 1. The third-order valence-corrected chi connectivity index (χ3v) is 3.43. The summed E-state index contributed by atoms with van der Waals surface area (Å²) in [5.74, 6) is 0. The number of ether oxygens (including phenoxy) is 1. The first-order valence-corrected chi connectivity index (χ1v) is 6.21. The van der Waals surface area contributed by atoms with Gasteiger partial charge >= 0.3 is 0 Å². The van der Waals surface area contributed by atoms with Crippen LogP contribution in [0.5, 0.6) is 0 Å². The Kier molecular flexibility index (Phi) is 4.15. The van der Waals surface area contributed by atoms with Crippen LogP contribution in [0.1, 0.15) is 30.6 Å². The molecular weight excluding hydrogens is 214 g/mol. The maximum atomic E-state index is 9.44. The normalized spacial score (nSPS) is 22.9. The van der Waals surface area contributed by atoms with Crippen molar-refractivity contribution in [1.29, 1.82) is 0 Å². The van der Waals surface area contributed by atoms with E-state index in [2.05, 4.69) is 17.0 Å². The summed E-state index contributed by atoms with van der Waals surface area (Å²) >= 11 is 0. The van der Waals surface area contributed by atoms with Gasteiger partial charge < -0.3 is 9.84 Å². The molecule has 0 radical (unpaired) electrons. The van der Waals surface area contributed by atoms with Gasteiger partial charge in [0.05, 0.1) is 12.2 Å². The van der Waals surface area contributed by atoms with E-state index in [9.17, 15) is 5.11 Å². The Balaban J connectivity index is 1.91. The Labute approximate surface area is 103 Å². The molecule has 2 atom stereocenters. The lowest BCUT2D eigenvalue weighted by Crippen LogP contribution is -2.22. The van der Waals surface area contributed by atoms with Crippen LogP contribution in [0.4, 0.5) is 0 Å². The van der Waals surface area contributed by atoms with E-state index >= 15 is 0 Å². The molecule has 1 aromatic rings. The van der Waals surface area contributed by atoms with Gasteiger partial charge in [-0.2, -0.15) is 0 Å². The van der Waals surface area contributed by atoms with Gasteiger partial charge in [-0.15, -0.1) is 0 Å². The highest BCUT2D eigenvalue weighted by Crippen LogP contribution is 2.17. The lowest BCUT2D eigenvalue weighted by Gasteiger charge is -2.16. The van der Waals surface area contributed by atoms with Gasteiger partial charge in [0.2, 0.25) is 0 Å². The van der Waals surface area contributed by atoms with Gasteiger partial charge in [0, 0.05) is 26.7 Å². The zero-order chi connectivity index (χ0) is 12.3. The molecule has 1 saturated heterocycles. The maximum absolute atomic E-state index is 9.44. The predicted molar refractivity (Wildman–Crippen MR) is 67.8 cm³/mol. The molecule has 1 N–H and O–H groups in total. The summed E-state index contributed by atoms with van der Waals surface area (Å²) in [6.45, 7) is 4.89. The summed E-state index contributed by atoms with van der Waals surface area (Å²) in [7, 11) is 1.78. The number of aliphatic hydroxyl groups excluding tert-OH is 1. The van der Waals surface area contributed by atoms with E-state index in [1.54, 1.807) is 14.0 Å². The minimum absolute atomic E-state index is 0.381. The average Bonchev–Trinajstić information content (AvgIpc) is 2.77. The van der Waals surface area contributed by atoms with E-state index in [1.807, 2.05) is 12.1 Å². The molecule has 0 aromatic heterocycles. The summed E-state index contributed by atoms with van der Waals surface area (Å²) in [4.78, 5) is 2.41. The number of methoxy groups -OCH3 is 1. The van der Waals surface area contributed by atoms with Gasteiger partial charge in [0.25, 0.3) is 0 Å². The van der Waals surface area contributed by atoms with Gasteiger partial charge in [0.15, 0.2) is 0 Å². The molecule has 3 nitrogen and oxygen atoms in total. The summed E-state index contributed by atoms with van der Waals surface area (Å²) in [6, 6.07) is 8.21. The molecule has 3 heteroatoms. The fourth-order valence-electron chi connectivity index (χ4n) is 2.29. The van der Waals surface area contributed by atoms with Gasteiger partial charge in [-0.1, -0.05) is 24.3 Å². The molecule has 0 spiro atoms. The van der Waals surface area contributed by atoms with E-state index < -0.39 is 0 Å². The van der Waals surface area contributed by atoms with Crippen molar-refractivity contribution in [2.24, 2.45) is 0 Å². The summed E-state index contributed by atoms with van der Waals surface area (Å²) < 4.78 is 5.35. The second-order valence-electron chi connectivity index (χ2n) is 4.80. The Morgan fingerprint density at radius 3 is 2.65 bits per heavy atom. The third-order valence-electron chi connectivity index (χ3n) is 3.43. The van der Waals surface area contributed by atoms with Crippen molar-refractivity contribution in [2.45, 2.75) is 32.1 Å². The van der Waals surface area contributed by atoms with Crippen molar-refractivity contribution >= 4 is 0 Å². The highest BCUT2D eigenvalue weighted by atomic mass is 16.5. The second kappa shape index (κ2) is 5.63. The molecule has 2 rings (SSSR count). The summed E-state index contributed by atoms with van der Waals surface area (Å²) in [5.41, 5.74) is 2.27. The Morgan fingerprint density at radius 2 is 2.12 bits per heavy atom. The number of benzene rings is 1. The van der Waals surface area contributed by atoms with Crippen LogP contribution in [-0.2, 0) is 11.3 Å². The number of aliphatic hydroxyl groups is 1. The van der Waals surface area contributed by atoms with Crippen LogP contribution in [0.3, 0.4) is 0 Å². The Morgan fingerprint density at radius 1 is 1.41 bits per heavy atom. The van der Waals surface area contributed by atoms with Crippen molar-refractivity contribution in [3.8, 4) is 0 Å². The van der Waals surface area contributed by atoms with Crippen molar-refractivity contribution in [3.63, 3.8) is 0 Å². The van der Waals surface area contributed by atoms with Crippen LogP contribution in [0.25, 0.3) is 0 Å². The van der Waals surface area contributed by atoms with Crippen LogP contribution in [0.2, 0.25) is 0 Å². The monoisotopic (exact) mass is 235 g/mol. The van der Waals surface area contributed by atoms with Crippen molar-refractivity contribution < 1.29 is 9.84 Å². The molecule has 1 aromatic carbocycles. The quantitative estimate of drug-likeness (QED) is 0.866. The molecule has 1 aliphatic heterocycles. The van der Waals surface area contributed by atoms with Crippen molar-refractivity contribution in [1.82, 2.24) is 4.90 Å². The van der Waals surface area contributed by atoms with E-state index in [0.717, 1.165) is 31.6 Å². The number of nitrogens with zero attached hydrogens (tertiary/aromatic N) is 1. The largest absolute Gasteiger partial charge is 0.389 e. The molecule has 1 heterocycles. The molecule has 1 aliphatic rings. The zero-order valence-corrected chi connectivity index (χ0v) is 10.6. The third kappa shape index (κ3) is 3.28. The van der Waals surface area contributed by atoms with Crippen LogP contribution in [-0.4, -0.2) is 36.3 Å². The smallest absolute Gasteiger partial charge is 0.0761 e. The van der Waals surface area contributed by atoms with Crippen molar-refractivity contribution in [3.05, 3.63) is 35.4 Å². The number of hydrogen-bond donors (Lipinski definition) is 1. The highest BCUT2D eigenvalue weighted by molar-refractivity contribution is 5.23. The average molecular weight is 235 g/mol. The van der Waals surface area contributed by atoms with E-state index in [-0.39, 0.29) is 6.10 Å². The van der Waals surface area contributed by atoms with E-state index in [1.165, 1.54) is 5.56 Å². The molecule has 94 valence electrons. The Hall–Kier alpha value is -0.900. The molecule has 0 aliphatic carbocycles. The highest BCUT2D eigenvalue weighted by Gasteiger charge is 2.21. The number of rotatable bonds is 4. The van der Waals surface area contributed by atoms with Crippen molar-refractivity contribution in [2.75, 3.05) is 20.2 Å². The van der Waals surface area contributed by atoms with E-state index in [0.29, 0.717) is 6.10 Å². The van der Waals surface area contributed by atoms with Gasteiger partial charge in [-0.3, -0.25) is 4.90 Å². The number of hydrogen-bond acceptors (Lipinski definition) is 3. The first-order valence-electron chi connectivity index (χ1n) is 6.21. The molecule has 1 fully saturated rings. The predicted octanol–water partition coefficient (Wildman–Crippen LogP) is 1.96. The van der Waals surface area contributed by atoms with E-state index in [4.69, 9.17) is 4.74 Å². The van der Waals surface area contributed by atoms with Gasteiger partial charge in [-0.05, 0) is 24.5 Å². The van der Waals surface area contributed by atoms with Gasteiger partial charge in [-0.25, -0.2) is 0 Å². The fraction of sp³-hybridized carbons (Fsp3) is 0.571. The molecule has 0 saturated carbocycles. The van der Waals surface area contributed by atoms with Crippen LogP contribution in [0, 0.1) is 0 Å². The lowest BCUT2D eigenvalue weighted by molar-refractivity contribution is 0.107. The standard InChI is InChI=1S/C14H21NO2/c1-11(16)13-5-3-12(4-6-13)9-15-8-7-14(10-15)17-2/h3-6,11,14,16H,7-10H2,1-2H3. The molecule has 0 bridgehead atoms. The minimum atomic E-state index is -0.381. The molecule has 2 unspecified atom stereocenters. The topological polar surface area (TPSA) is 32.7 Å². The molecule has 17 heavy (non-hydrogen) atoms. The van der Waals surface area contributed by atoms with Gasteiger partial charge in [0.1, 0.15) is 0 Å². The van der Waals surface area contributed by atoms with Crippen LogP contribution < -0.4 is 0 Å². The summed E-state index contributed by atoms with van der Waals surface area (Å²) in [5, 5.41) is 9.44. The molecule has 0 amide bonds. The first-order chi connectivity index (χ1) is 8.19.